The molecule has 1 amide bonds. The molecule has 0 aliphatic rings. The zero-order valence-corrected chi connectivity index (χ0v) is 17.2. The van der Waals surface area contributed by atoms with Gasteiger partial charge in [0, 0.05) is 11.8 Å². The highest BCUT2D eigenvalue weighted by Crippen LogP contribution is 2.38. The van der Waals surface area contributed by atoms with E-state index >= 15 is 0 Å². The number of anilines is 1. The lowest BCUT2D eigenvalue weighted by atomic mass is 10.1. The molecule has 2 aromatic rings. The molecule has 0 radical (unpaired) electrons. The maximum absolute atomic E-state index is 12.2. The maximum atomic E-state index is 12.2. The van der Waals surface area contributed by atoms with Crippen LogP contribution in [0.2, 0.25) is 0 Å². The summed E-state index contributed by atoms with van der Waals surface area (Å²) in [7, 11) is 1.78. The Morgan fingerprint density at radius 1 is 0.931 bits per heavy atom. The highest BCUT2D eigenvalue weighted by atomic mass is 32.2. The van der Waals surface area contributed by atoms with Crippen molar-refractivity contribution in [1.82, 2.24) is 0 Å². The van der Waals surface area contributed by atoms with Crippen LogP contribution < -0.4 is 29.4 Å². The monoisotopic (exact) mass is 422 g/mol. The lowest BCUT2D eigenvalue weighted by molar-refractivity contribution is -0.111. The molecule has 0 aliphatic heterocycles. The number of primary sulfonamides is 1. The van der Waals surface area contributed by atoms with Gasteiger partial charge < -0.3 is 24.3 Å². The number of amides is 1. The van der Waals surface area contributed by atoms with Gasteiger partial charge in [-0.3, -0.25) is 4.79 Å². The minimum Gasteiger partial charge on any atom is -0.495 e. The van der Waals surface area contributed by atoms with Gasteiger partial charge in [0.25, 0.3) is 0 Å². The van der Waals surface area contributed by atoms with Crippen molar-refractivity contribution in [3.8, 4) is 23.0 Å². The van der Waals surface area contributed by atoms with Gasteiger partial charge >= 0.3 is 0 Å². The van der Waals surface area contributed by atoms with E-state index in [9.17, 15) is 13.2 Å². The summed E-state index contributed by atoms with van der Waals surface area (Å²) in [6.45, 7) is 0. The number of ether oxygens (including phenoxy) is 4. The van der Waals surface area contributed by atoms with E-state index in [1.165, 1.54) is 52.7 Å². The van der Waals surface area contributed by atoms with E-state index in [0.717, 1.165) is 0 Å². The third-order valence-electron chi connectivity index (χ3n) is 3.85. The van der Waals surface area contributed by atoms with Crippen molar-refractivity contribution in [3.63, 3.8) is 0 Å². The Kier molecular flexibility index (Phi) is 7.08. The molecule has 0 atom stereocenters. The van der Waals surface area contributed by atoms with E-state index < -0.39 is 15.9 Å². The summed E-state index contributed by atoms with van der Waals surface area (Å²) in [6, 6.07) is 7.48. The zero-order chi connectivity index (χ0) is 21.6. The van der Waals surface area contributed by atoms with Crippen LogP contribution in [0.3, 0.4) is 0 Å². The molecule has 0 unspecified atom stereocenters. The summed E-state index contributed by atoms with van der Waals surface area (Å²) < 4.78 is 44.1. The normalized spacial score (nSPS) is 11.2. The molecule has 0 saturated carbocycles. The molecule has 0 aliphatic carbocycles. The molecular formula is C19H22N2O7S. The molecule has 29 heavy (non-hydrogen) atoms. The smallest absolute Gasteiger partial charge is 0.248 e. The first-order valence-corrected chi connectivity index (χ1v) is 9.78. The van der Waals surface area contributed by atoms with Gasteiger partial charge in [0.2, 0.25) is 21.7 Å². The van der Waals surface area contributed by atoms with E-state index in [1.54, 1.807) is 18.2 Å². The number of nitrogens with one attached hydrogen (secondary N) is 1. The fourth-order valence-corrected chi connectivity index (χ4v) is 3.25. The standard InChI is InChI=1S/C19H22N2O7S/c1-25-14-7-6-13(11-17(14)29(20,23)24)21-18(22)8-5-12-9-15(26-2)19(28-4)16(10-12)27-3/h5-11H,1-4H3,(H,21,22)(H2,20,23,24)/b8-5+. The van der Waals surface area contributed by atoms with Crippen LogP contribution in [-0.2, 0) is 14.8 Å². The first-order valence-electron chi connectivity index (χ1n) is 8.23. The van der Waals surface area contributed by atoms with Crippen LogP contribution in [-0.4, -0.2) is 42.8 Å². The zero-order valence-electron chi connectivity index (χ0n) is 16.4. The Labute approximate surface area is 169 Å². The number of hydrogen-bond acceptors (Lipinski definition) is 7. The molecule has 2 aromatic carbocycles. The Balaban J connectivity index is 2.24. The predicted octanol–water partition coefficient (Wildman–Crippen LogP) is 2.02. The summed E-state index contributed by atoms with van der Waals surface area (Å²) in [5.74, 6) is 0.924. The quantitative estimate of drug-likeness (QED) is 0.623. The summed E-state index contributed by atoms with van der Waals surface area (Å²) in [4.78, 5) is 12.0. The van der Waals surface area contributed by atoms with Gasteiger partial charge in [-0.1, -0.05) is 0 Å². The lowest BCUT2D eigenvalue weighted by Crippen LogP contribution is -2.15. The SMILES string of the molecule is COc1ccc(NC(=O)/C=C/c2cc(OC)c(OC)c(OC)c2)cc1S(N)(=O)=O. The van der Waals surface area contributed by atoms with Crippen LogP contribution in [0.1, 0.15) is 5.56 Å². The summed E-state index contributed by atoms with van der Waals surface area (Å²) in [6.07, 6.45) is 2.82. The molecular weight excluding hydrogens is 400 g/mol. The van der Waals surface area contributed by atoms with Crippen molar-refractivity contribution in [2.45, 2.75) is 4.90 Å². The van der Waals surface area contributed by atoms with Gasteiger partial charge in [-0.15, -0.1) is 0 Å². The minimum absolute atomic E-state index is 0.0819. The molecule has 3 N–H and O–H groups in total. The van der Waals surface area contributed by atoms with E-state index in [1.807, 2.05) is 0 Å². The van der Waals surface area contributed by atoms with E-state index in [4.69, 9.17) is 24.1 Å². The second-order valence-corrected chi connectivity index (χ2v) is 7.22. The number of rotatable bonds is 8. The van der Waals surface area contributed by atoms with E-state index in [2.05, 4.69) is 5.32 Å². The van der Waals surface area contributed by atoms with E-state index in [-0.39, 0.29) is 16.3 Å². The highest BCUT2D eigenvalue weighted by Gasteiger charge is 2.16. The molecule has 0 spiro atoms. The van der Waals surface area contributed by atoms with Gasteiger partial charge in [-0.25, -0.2) is 13.6 Å². The summed E-state index contributed by atoms with van der Waals surface area (Å²) in [5.41, 5.74) is 0.879. The first kappa shape index (κ1) is 22.1. The van der Waals surface area contributed by atoms with Crippen molar-refractivity contribution in [1.29, 1.82) is 0 Å². The largest absolute Gasteiger partial charge is 0.495 e. The summed E-state index contributed by atoms with van der Waals surface area (Å²) >= 11 is 0. The third-order valence-corrected chi connectivity index (χ3v) is 4.78. The number of carbonyl (C=O) groups excluding carboxylic acids is 1. The molecule has 0 bridgehead atoms. The second kappa shape index (κ2) is 9.30. The van der Waals surface area contributed by atoms with Crippen molar-refractivity contribution in [3.05, 3.63) is 42.0 Å². The molecule has 10 heteroatoms. The highest BCUT2D eigenvalue weighted by molar-refractivity contribution is 7.89. The fourth-order valence-electron chi connectivity index (χ4n) is 2.53. The van der Waals surface area contributed by atoms with Crippen LogP contribution in [0, 0.1) is 0 Å². The number of methoxy groups -OCH3 is 4. The van der Waals surface area contributed by atoms with Crippen LogP contribution in [0.4, 0.5) is 5.69 Å². The summed E-state index contributed by atoms with van der Waals surface area (Å²) in [5, 5.41) is 7.74. The van der Waals surface area contributed by atoms with Crippen LogP contribution in [0.25, 0.3) is 6.08 Å². The Morgan fingerprint density at radius 3 is 2.00 bits per heavy atom. The lowest BCUT2D eigenvalue weighted by Gasteiger charge is -2.12. The number of nitrogens with two attached hydrogens (primary N) is 1. The fraction of sp³-hybridized carbons (Fsp3) is 0.211. The third kappa shape index (κ3) is 5.39. The average Bonchev–Trinajstić information content (AvgIpc) is 2.70. The van der Waals surface area contributed by atoms with Crippen molar-refractivity contribution in [2.75, 3.05) is 33.8 Å². The predicted molar refractivity (Wildman–Crippen MR) is 108 cm³/mol. The van der Waals surface area contributed by atoms with Crippen LogP contribution in [0.15, 0.2) is 41.3 Å². The molecule has 2 rings (SSSR count). The van der Waals surface area contributed by atoms with E-state index in [0.29, 0.717) is 22.8 Å². The van der Waals surface area contributed by atoms with Crippen molar-refractivity contribution >= 4 is 27.7 Å². The molecule has 0 aromatic heterocycles. The average molecular weight is 422 g/mol. The number of carbonyl (C=O) groups is 1. The van der Waals surface area contributed by atoms with Gasteiger partial charge in [0.1, 0.15) is 10.6 Å². The minimum atomic E-state index is -4.02. The van der Waals surface area contributed by atoms with Crippen LogP contribution in [0.5, 0.6) is 23.0 Å². The Morgan fingerprint density at radius 2 is 1.52 bits per heavy atom. The maximum Gasteiger partial charge on any atom is 0.248 e. The topological polar surface area (TPSA) is 126 Å². The molecule has 0 saturated heterocycles. The van der Waals surface area contributed by atoms with Crippen molar-refractivity contribution in [2.24, 2.45) is 5.14 Å². The van der Waals surface area contributed by atoms with Gasteiger partial charge in [-0.05, 0) is 42.0 Å². The number of hydrogen-bond donors (Lipinski definition) is 2. The molecule has 9 nitrogen and oxygen atoms in total. The first-order chi connectivity index (χ1) is 13.7. The van der Waals surface area contributed by atoms with Gasteiger partial charge in [0.05, 0.1) is 28.4 Å². The Hall–Kier alpha value is -3.24. The Bertz CT molecular complexity index is 1010. The molecule has 0 fully saturated rings. The van der Waals surface area contributed by atoms with Gasteiger partial charge in [-0.2, -0.15) is 0 Å². The second-order valence-electron chi connectivity index (χ2n) is 5.69. The van der Waals surface area contributed by atoms with Gasteiger partial charge in [0.15, 0.2) is 11.5 Å². The molecule has 0 heterocycles. The van der Waals surface area contributed by atoms with Crippen molar-refractivity contribution < 1.29 is 32.2 Å². The number of sulfonamides is 1. The van der Waals surface area contributed by atoms with Crippen LogP contribution >= 0.6 is 0 Å². The number of benzene rings is 2. The molecule has 156 valence electrons.